The largest absolute Gasteiger partial charge is 0.493 e. The lowest BCUT2D eigenvalue weighted by Gasteiger charge is -2.38. The van der Waals surface area contributed by atoms with Gasteiger partial charge in [0.2, 0.25) is 0 Å². The Morgan fingerprint density at radius 2 is 2.04 bits per heavy atom. The second-order valence-corrected chi connectivity index (χ2v) is 6.15. The lowest BCUT2D eigenvalue weighted by molar-refractivity contribution is 0.0101. The molecule has 24 heavy (non-hydrogen) atoms. The van der Waals surface area contributed by atoms with E-state index < -0.39 is 5.60 Å². The van der Waals surface area contributed by atoms with Crippen LogP contribution < -0.4 is 14.8 Å². The number of rotatable bonds is 4. The maximum atomic E-state index is 15.0. The third kappa shape index (κ3) is 2.72. The van der Waals surface area contributed by atoms with Crippen molar-refractivity contribution >= 4 is 0 Å². The van der Waals surface area contributed by atoms with Crippen LogP contribution in [0.1, 0.15) is 23.5 Å². The molecule has 4 nitrogen and oxygen atoms in total. The quantitative estimate of drug-likeness (QED) is 0.920. The minimum atomic E-state index is -0.493. The van der Waals surface area contributed by atoms with E-state index in [-0.39, 0.29) is 17.5 Å². The van der Waals surface area contributed by atoms with Crippen LogP contribution in [0.15, 0.2) is 30.4 Å². The molecular formula is C19H24FNO3. The van der Waals surface area contributed by atoms with E-state index in [0.717, 1.165) is 18.5 Å². The average Bonchev–Trinajstić information content (AvgIpc) is 2.85. The second kappa shape index (κ2) is 6.95. The fourth-order valence-electron chi connectivity index (χ4n) is 3.75. The van der Waals surface area contributed by atoms with Gasteiger partial charge >= 0.3 is 0 Å². The zero-order valence-corrected chi connectivity index (χ0v) is 14.4. The summed E-state index contributed by atoms with van der Waals surface area (Å²) in [5.74, 6) is 0.238. The van der Waals surface area contributed by atoms with Crippen molar-refractivity contribution < 1.29 is 18.6 Å². The fourth-order valence-corrected chi connectivity index (χ4v) is 3.75. The number of halogens is 1. The number of benzene rings is 1. The first-order valence-corrected chi connectivity index (χ1v) is 8.20. The van der Waals surface area contributed by atoms with Gasteiger partial charge in [-0.15, -0.1) is 0 Å². The summed E-state index contributed by atoms with van der Waals surface area (Å²) in [5.41, 5.74) is 1.12. The van der Waals surface area contributed by atoms with E-state index in [9.17, 15) is 0 Å². The second-order valence-electron chi connectivity index (χ2n) is 6.15. The van der Waals surface area contributed by atoms with Crippen LogP contribution in [0, 0.1) is 5.82 Å². The molecule has 1 aliphatic heterocycles. The number of nitrogens with one attached hydrogen (secondary N) is 1. The van der Waals surface area contributed by atoms with E-state index in [0.29, 0.717) is 24.3 Å². The highest BCUT2D eigenvalue weighted by molar-refractivity contribution is 5.52. The molecule has 1 N–H and O–H groups in total. The van der Waals surface area contributed by atoms with Gasteiger partial charge in [0.1, 0.15) is 0 Å². The highest BCUT2D eigenvalue weighted by Gasteiger charge is 2.40. The summed E-state index contributed by atoms with van der Waals surface area (Å²) >= 11 is 0. The van der Waals surface area contributed by atoms with Gasteiger partial charge < -0.3 is 19.5 Å². The number of hydrogen-bond acceptors (Lipinski definition) is 4. The number of methoxy groups -OCH3 is 3. The average molecular weight is 333 g/mol. The third-order valence-electron chi connectivity index (χ3n) is 5.06. The zero-order chi connectivity index (χ0) is 17.2. The maximum absolute atomic E-state index is 15.0. The van der Waals surface area contributed by atoms with Gasteiger partial charge in [0.05, 0.1) is 19.8 Å². The molecule has 2 atom stereocenters. The van der Waals surface area contributed by atoms with Crippen molar-refractivity contribution in [2.24, 2.45) is 0 Å². The van der Waals surface area contributed by atoms with Gasteiger partial charge in [0.25, 0.3) is 0 Å². The van der Waals surface area contributed by atoms with E-state index >= 15 is 4.39 Å². The van der Waals surface area contributed by atoms with Crippen LogP contribution in [0.25, 0.3) is 0 Å². The Hall–Kier alpha value is -1.85. The number of hydrogen-bond donors (Lipinski definition) is 1. The summed E-state index contributed by atoms with van der Waals surface area (Å²) in [5, 5.41) is 3.42. The standard InChI is InChI=1S/C19H24FNO3/c1-22-16-11-14-13(17(20)18(16)23-2)7-10-21-12-15(14)19(24-3)8-5-4-6-9-19/h4-6,8,11,15,21H,7,9-10,12H2,1-3H3. The highest BCUT2D eigenvalue weighted by Crippen LogP contribution is 2.44. The lowest BCUT2D eigenvalue weighted by atomic mass is 9.76. The number of fused-ring (bicyclic) bond motifs is 1. The van der Waals surface area contributed by atoms with Crippen LogP contribution in [0.2, 0.25) is 0 Å². The molecule has 0 aromatic heterocycles. The zero-order valence-electron chi connectivity index (χ0n) is 14.4. The Balaban J connectivity index is 2.17. The number of allylic oxidation sites excluding steroid dienone is 2. The monoisotopic (exact) mass is 333 g/mol. The van der Waals surface area contributed by atoms with Crippen molar-refractivity contribution in [1.29, 1.82) is 0 Å². The minimum absolute atomic E-state index is 0.0180. The summed E-state index contributed by atoms with van der Waals surface area (Å²) < 4.78 is 31.6. The summed E-state index contributed by atoms with van der Waals surface area (Å²) in [6.07, 6.45) is 9.53. The smallest absolute Gasteiger partial charge is 0.197 e. The van der Waals surface area contributed by atoms with Crippen molar-refractivity contribution in [2.75, 3.05) is 34.4 Å². The van der Waals surface area contributed by atoms with Crippen molar-refractivity contribution in [3.05, 3.63) is 47.3 Å². The Labute approximate surface area is 142 Å². The van der Waals surface area contributed by atoms with Gasteiger partial charge in [-0.1, -0.05) is 24.3 Å². The molecule has 1 aliphatic carbocycles. The van der Waals surface area contributed by atoms with Crippen molar-refractivity contribution in [3.8, 4) is 11.5 Å². The van der Waals surface area contributed by atoms with E-state index in [1.165, 1.54) is 14.2 Å². The summed E-state index contributed by atoms with van der Waals surface area (Å²) in [4.78, 5) is 0. The van der Waals surface area contributed by atoms with Gasteiger partial charge in [-0.3, -0.25) is 0 Å². The molecular weight excluding hydrogens is 309 g/mol. The molecule has 0 saturated carbocycles. The van der Waals surface area contributed by atoms with Crippen LogP contribution in [-0.2, 0) is 11.2 Å². The Morgan fingerprint density at radius 3 is 2.67 bits per heavy atom. The SMILES string of the molecule is COc1cc2c(c(F)c1OC)CCNCC2C1(OC)C=CC=CC1. The first kappa shape index (κ1) is 17.0. The van der Waals surface area contributed by atoms with Gasteiger partial charge in [-0.25, -0.2) is 4.39 Å². The number of ether oxygens (including phenoxy) is 3. The van der Waals surface area contributed by atoms with Crippen molar-refractivity contribution in [2.45, 2.75) is 24.4 Å². The third-order valence-corrected chi connectivity index (χ3v) is 5.06. The predicted molar refractivity (Wildman–Crippen MR) is 91.5 cm³/mol. The Morgan fingerprint density at radius 1 is 1.21 bits per heavy atom. The van der Waals surface area contributed by atoms with Crippen LogP contribution in [0.5, 0.6) is 11.5 Å². The molecule has 2 unspecified atom stereocenters. The molecule has 0 amide bonds. The maximum Gasteiger partial charge on any atom is 0.197 e. The molecule has 1 aromatic carbocycles. The van der Waals surface area contributed by atoms with Gasteiger partial charge in [0, 0.05) is 19.6 Å². The van der Waals surface area contributed by atoms with Crippen LogP contribution in [0.3, 0.4) is 0 Å². The molecule has 3 rings (SSSR count). The summed E-state index contributed by atoms with van der Waals surface area (Å²) in [6.45, 7) is 1.43. The van der Waals surface area contributed by atoms with Gasteiger partial charge in [-0.05, 0) is 36.6 Å². The molecule has 0 spiro atoms. The van der Waals surface area contributed by atoms with E-state index in [1.807, 2.05) is 18.2 Å². The van der Waals surface area contributed by atoms with Crippen molar-refractivity contribution in [1.82, 2.24) is 5.32 Å². The molecule has 130 valence electrons. The Kier molecular flexibility index (Phi) is 4.92. The fraction of sp³-hybridized carbons (Fsp3) is 0.474. The van der Waals surface area contributed by atoms with Crippen molar-refractivity contribution in [3.63, 3.8) is 0 Å². The van der Waals surface area contributed by atoms with E-state index in [2.05, 4.69) is 17.5 Å². The summed E-state index contributed by atoms with van der Waals surface area (Å²) in [6, 6.07) is 1.90. The molecule has 2 aliphatic rings. The minimum Gasteiger partial charge on any atom is -0.493 e. The first-order valence-electron chi connectivity index (χ1n) is 8.20. The normalized spacial score (nSPS) is 25.9. The van der Waals surface area contributed by atoms with Crippen LogP contribution >= 0.6 is 0 Å². The van der Waals surface area contributed by atoms with E-state index in [1.54, 1.807) is 7.11 Å². The molecule has 0 bridgehead atoms. The van der Waals surface area contributed by atoms with Gasteiger partial charge in [-0.2, -0.15) is 0 Å². The molecule has 1 aromatic rings. The summed E-state index contributed by atoms with van der Waals surface area (Å²) in [7, 11) is 4.71. The van der Waals surface area contributed by atoms with Crippen LogP contribution in [0.4, 0.5) is 4.39 Å². The predicted octanol–water partition coefficient (Wildman–Crippen LogP) is 2.97. The topological polar surface area (TPSA) is 39.7 Å². The van der Waals surface area contributed by atoms with Crippen LogP contribution in [-0.4, -0.2) is 40.0 Å². The molecule has 1 heterocycles. The molecule has 0 fully saturated rings. The van der Waals surface area contributed by atoms with E-state index in [4.69, 9.17) is 14.2 Å². The first-order chi connectivity index (χ1) is 11.7. The lowest BCUT2D eigenvalue weighted by Crippen LogP contribution is -2.41. The van der Waals surface area contributed by atoms with Gasteiger partial charge in [0.15, 0.2) is 17.3 Å². The molecule has 0 radical (unpaired) electrons. The molecule has 0 saturated heterocycles. The Bertz CT molecular complexity index is 671. The highest BCUT2D eigenvalue weighted by atomic mass is 19.1. The molecule has 5 heteroatoms.